The Morgan fingerprint density at radius 1 is 1.18 bits per heavy atom. The van der Waals surface area contributed by atoms with E-state index in [1.54, 1.807) is 24.5 Å². The largest absolute Gasteiger partial charge is 0.426 e. The van der Waals surface area contributed by atoms with Gasteiger partial charge in [0.25, 0.3) is 5.91 Å². The van der Waals surface area contributed by atoms with Gasteiger partial charge in [0.2, 0.25) is 0 Å². The van der Waals surface area contributed by atoms with E-state index in [0.717, 1.165) is 37.7 Å². The summed E-state index contributed by atoms with van der Waals surface area (Å²) in [5.41, 5.74) is 4.46. The van der Waals surface area contributed by atoms with Crippen LogP contribution in [0.2, 0.25) is 0 Å². The molecule has 5 nitrogen and oxygen atoms in total. The maximum absolute atomic E-state index is 12.7. The van der Waals surface area contributed by atoms with E-state index in [1.165, 1.54) is 18.1 Å². The Labute approximate surface area is 197 Å². The van der Waals surface area contributed by atoms with Crippen LogP contribution in [0.1, 0.15) is 93.3 Å². The number of carbonyl (C=O) groups is 2. The minimum Gasteiger partial charge on any atom is -0.426 e. The van der Waals surface area contributed by atoms with Crippen molar-refractivity contribution in [1.82, 2.24) is 10.3 Å². The normalized spacial score (nSPS) is 26.3. The molecule has 0 saturated heterocycles. The molecular weight excluding hydrogens is 412 g/mol. The van der Waals surface area contributed by atoms with Gasteiger partial charge in [0.1, 0.15) is 5.75 Å². The van der Waals surface area contributed by atoms with Crippen molar-refractivity contribution in [1.29, 1.82) is 0 Å². The number of nitrogens with zero attached hydrogens (tertiary/aromatic N) is 1. The fraction of sp³-hybridized carbons (Fsp3) is 0.536. The SMILES string of the molecule is CC(=O)Oc1cc2c(cc1C(C)C)CC[C@H]1[C@](C)(CNC(=O)c3ccncc3)CCC[C@]21C. The highest BCUT2D eigenvalue weighted by molar-refractivity contribution is 5.94. The van der Waals surface area contributed by atoms with E-state index >= 15 is 0 Å². The first-order valence-electron chi connectivity index (χ1n) is 12.2. The summed E-state index contributed by atoms with van der Waals surface area (Å²) in [4.78, 5) is 28.6. The van der Waals surface area contributed by atoms with Crippen molar-refractivity contribution >= 4 is 11.9 Å². The molecule has 0 bridgehead atoms. The number of rotatable bonds is 5. The first-order valence-corrected chi connectivity index (χ1v) is 12.2. The van der Waals surface area contributed by atoms with Crippen LogP contribution in [-0.2, 0) is 16.6 Å². The molecule has 1 amide bonds. The molecule has 0 unspecified atom stereocenters. The van der Waals surface area contributed by atoms with Gasteiger partial charge in [-0.15, -0.1) is 0 Å². The van der Waals surface area contributed by atoms with Crippen molar-refractivity contribution in [3.8, 4) is 5.75 Å². The number of esters is 1. The van der Waals surface area contributed by atoms with Crippen molar-refractivity contribution in [2.75, 3.05) is 6.54 Å². The zero-order chi connectivity index (χ0) is 23.8. The maximum Gasteiger partial charge on any atom is 0.308 e. The summed E-state index contributed by atoms with van der Waals surface area (Å²) in [6.07, 6.45) is 8.75. The van der Waals surface area contributed by atoms with Crippen molar-refractivity contribution in [3.05, 3.63) is 58.9 Å². The quantitative estimate of drug-likeness (QED) is 0.480. The highest BCUT2D eigenvalue weighted by Gasteiger charge is 2.52. The number of amides is 1. The number of pyridine rings is 1. The Kier molecular flexibility index (Phi) is 6.35. The lowest BCUT2D eigenvalue weighted by Gasteiger charge is -2.55. The highest BCUT2D eigenvalue weighted by atomic mass is 16.5. The van der Waals surface area contributed by atoms with Crippen LogP contribution in [0.25, 0.3) is 0 Å². The van der Waals surface area contributed by atoms with E-state index in [2.05, 4.69) is 50.1 Å². The van der Waals surface area contributed by atoms with Gasteiger partial charge < -0.3 is 10.1 Å². The summed E-state index contributed by atoms with van der Waals surface area (Å²) in [6, 6.07) is 7.93. The summed E-state index contributed by atoms with van der Waals surface area (Å²) >= 11 is 0. The number of hydrogen-bond donors (Lipinski definition) is 1. The van der Waals surface area contributed by atoms with Gasteiger partial charge in [0.15, 0.2) is 0 Å². The predicted molar refractivity (Wildman–Crippen MR) is 130 cm³/mol. The third-order valence-electron chi connectivity index (χ3n) is 8.08. The molecule has 1 saturated carbocycles. The smallest absolute Gasteiger partial charge is 0.308 e. The van der Waals surface area contributed by atoms with Crippen molar-refractivity contribution < 1.29 is 14.3 Å². The lowest BCUT2D eigenvalue weighted by molar-refractivity contribution is -0.131. The standard InChI is InChI=1S/C28H36N2O3/c1-18(2)22-15-21-7-8-25-27(4,17-30-26(32)20-9-13-29-14-10-20)11-6-12-28(25,5)23(21)16-24(22)33-19(3)31/h9-10,13-16,18,25H,6-8,11-12,17H2,1-5H3,(H,30,32)/t25-,27-,28+/m0/s1. The lowest BCUT2D eigenvalue weighted by Crippen LogP contribution is -2.53. The topological polar surface area (TPSA) is 68.3 Å². The fourth-order valence-corrected chi connectivity index (χ4v) is 6.44. The number of hydrogen-bond acceptors (Lipinski definition) is 4. The highest BCUT2D eigenvalue weighted by Crippen LogP contribution is 2.57. The number of fused-ring (bicyclic) bond motifs is 3. The van der Waals surface area contributed by atoms with Gasteiger partial charge in [0, 0.05) is 31.4 Å². The summed E-state index contributed by atoms with van der Waals surface area (Å²) in [5, 5.41) is 3.21. The van der Waals surface area contributed by atoms with Gasteiger partial charge in [-0.25, -0.2) is 0 Å². The minimum atomic E-state index is -0.276. The van der Waals surface area contributed by atoms with Crippen LogP contribution in [0.5, 0.6) is 5.75 Å². The number of nitrogens with one attached hydrogen (secondary N) is 1. The van der Waals surface area contributed by atoms with Gasteiger partial charge in [-0.3, -0.25) is 14.6 Å². The first kappa shape index (κ1) is 23.5. The number of ether oxygens (including phenoxy) is 1. The molecule has 2 aliphatic rings. The number of carbonyl (C=O) groups excluding carboxylic acids is 2. The Hall–Kier alpha value is -2.69. The van der Waals surface area contributed by atoms with Gasteiger partial charge in [-0.1, -0.05) is 40.2 Å². The summed E-state index contributed by atoms with van der Waals surface area (Å²) in [6.45, 7) is 11.1. The molecule has 1 fully saturated rings. The van der Waals surface area contributed by atoms with Crippen molar-refractivity contribution in [3.63, 3.8) is 0 Å². The van der Waals surface area contributed by atoms with Crippen LogP contribution >= 0.6 is 0 Å². The third kappa shape index (κ3) is 4.42. The van der Waals surface area contributed by atoms with Crippen molar-refractivity contribution in [2.24, 2.45) is 11.3 Å². The van der Waals surface area contributed by atoms with Crippen LogP contribution < -0.4 is 10.1 Å². The second-order valence-electron chi connectivity index (χ2n) is 10.7. The van der Waals surface area contributed by atoms with Crippen LogP contribution in [0.15, 0.2) is 36.7 Å². The predicted octanol–water partition coefficient (Wildman–Crippen LogP) is 5.57. The minimum absolute atomic E-state index is 0.00565. The molecule has 0 aliphatic heterocycles. The molecule has 1 aromatic heterocycles. The van der Waals surface area contributed by atoms with E-state index in [-0.39, 0.29) is 28.6 Å². The maximum atomic E-state index is 12.7. The second-order valence-corrected chi connectivity index (χ2v) is 10.7. The lowest BCUT2D eigenvalue weighted by atomic mass is 9.49. The number of aromatic nitrogens is 1. The molecule has 0 spiro atoms. The average molecular weight is 449 g/mol. The molecule has 1 N–H and O–H groups in total. The Bertz CT molecular complexity index is 1050. The molecule has 0 radical (unpaired) electrons. The molecule has 2 aromatic rings. The van der Waals surface area contributed by atoms with Gasteiger partial charge in [0.05, 0.1) is 0 Å². The molecule has 176 valence electrons. The monoisotopic (exact) mass is 448 g/mol. The summed E-state index contributed by atoms with van der Waals surface area (Å²) in [5.74, 6) is 1.12. The first-order chi connectivity index (χ1) is 15.6. The third-order valence-corrected chi connectivity index (χ3v) is 8.08. The van der Waals surface area contributed by atoms with E-state index in [4.69, 9.17) is 4.74 Å². The molecule has 1 aromatic carbocycles. The molecule has 1 heterocycles. The average Bonchev–Trinajstić information content (AvgIpc) is 2.77. The molecule has 4 rings (SSSR count). The zero-order valence-corrected chi connectivity index (χ0v) is 20.5. The molecule has 5 heteroatoms. The second kappa shape index (κ2) is 8.92. The van der Waals surface area contributed by atoms with Gasteiger partial charge in [-0.05, 0) is 83.2 Å². The van der Waals surface area contributed by atoms with E-state index in [1.807, 2.05) is 0 Å². The number of aryl methyl sites for hydroxylation is 1. The molecule has 3 atom stereocenters. The van der Waals surface area contributed by atoms with Crippen molar-refractivity contribution in [2.45, 2.75) is 78.1 Å². The molecule has 33 heavy (non-hydrogen) atoms. The fourth-order valence-electron chi connectivity index (χ4n) is 6.44. The Balaban J connectivity index is 1.64. The van der Waals surface area contributed by atoms with Crippen LogP contribution in [0, 0.1) is 11.3 Å². The Morgan fingerprint density at radius 3 is 2.58 bits per heavy atom. The van der Waals surface area contributed by atoms with E-state index in [0.29, 0.717) is 23.8 Å². The number of benzene rings is 1. The van der Waals surface area contributed by atoms with Crippen LogP contribution in [0.3, 0.4) is 0 Å². The summed E-state index contributed by atoms with van der Waals surface area (Å²) < 4.78 is 5.68. The molecule has 2 aliphatic carbocycles. The Morgan fingerprint density at radius 2 is 1.91 bits per heavy atom. The molecular formula is C28H36N2O3. The zero-order valence-electron chi connectivity index (χ0n) is 20.5. The van der Waals surface area contributed by atoms with E-state index < -0.39 is 0 Å². The van der Waals surface area contributed by atoms with Gasteiger partial charge >= 0.3 is 5.97 Å². The van der Waals surface area contributed by atoms with Gasteiger partial charge in [-0.2, -0.15) is 0 Å². The van der Waals surface area contributed by atoms with Crippen LogP contribution in [0.4, 0.5) is 0 Å². The van der Waals surface area contributed by atoms with Crippen LogP contribution in [-0.4, -0.2) is 23.4 Å². The van der Waals surface area contributed by atoms with E-state index in [9.17, 15) is 9.59 Å². The summed E-state index contributed by atoms with van der Waals surface area (Å²) in [7, 11) is 0.